The van der Waals surface area contributed by atoms with Crippen molar-refractivity contribution in [3.05, 3.63) is 30.3 Å². The van der Waals surface area contributed by atoms with Gasteiger partial charge in [0.15, 0.2) is 6.61 Å². The van der Waals surface area contributed by atoms with E-state index in [1.165, 1.54) is 25.7 Å². The number of hydrogen-bond donors (Lipinski definition) is 1. The third kappa shape index (κ3) is 4.73. The fourth-order valence-corrected chi connectivity index (χ4v) is 3.93. The van der Waals surface area contributed by atoms with E-state index in [4.69, 9.17) is 14.5 Å². The van der Waals surface area contributed by atoms with E-state index in [-0.39, 0.29) is 18.6 Å². The van der Waals surface area contributed by atoms with Gasteiger partial charge in [-0.15, -0.1) is 0 Å². The summed E-state index contributed by atoms with van der Waals surface area (Å²) < 4.78 is 11.4. The number of anilines is 1. The normalized spacial score (nSPS) is 20.1. The Bertz CT molecular complexity index is 797. The van der Waals surface area contributed by atoms with E-state index in [0.717, 1.165) is 49.3 Å². The summed E-state index contributed by atoms with van der Waals surface area (Å²) in [5, 5.41) is 3.92. The fourth-order valence-electron chi connectivity index (χ4n) is 3.93. The van der Waals surface area contributed by atoms with Crippen LogP contribution in [0.5, 0.6) is 5.75 Å². The maximum Gasteiger partial charge on any atom is 0.258 e. The van der Waals surface area contributed by atoms with E-state index in [1.807, 2.05) is 18.2 Å². The lowest BCUT2D eigenvalue weighted by molar-refractivity contribution is -0.123. The predicted molar refractivity (Wildman–Crippen MR) is 110 cm³/mol. The second-order valence-electron chi connectivity index (χ2n) is 7.63. The third-order valence-electron chi connectivity index (χ3n) is 5.51. The molecule has 1 amide bonds. The monoisotopic (exact) mass is 383 g/mol. The van der Waals surface area contributed by atoms with Crippen LogP contribution in [-0.2, 0) is 9.53 Å². The molecule has 1 N–H and O–H groups in total. The molecule has 6 nitrogen and oxygen atoms in total. The van der Waals surface area contributed by atoms with E-state index in [1.54, 1.807) is 0 Å². The zero-order chi connectivity index (χ0) is 19.2. The lowest BCUT2D eigenvalue weighted by Gasteiger charge is -2.22. The highest BCUT2D eigenvalue weighted by Gasteiger charge is 2.17. The van der Waals surface area contributed by atoms with Crippen LogP contribution >= 0.6 is 0 Å². The molecule has 0 bridgehead atoms. The first kappa shape index (κ1) is 19.0. The lowest BCUT2D eigenvalue weighted by Crippen LogP contribution is -2.35. The molecule has 2 saturated heterocycles. The Morgan fingerprint density at radius 3 is 2.79 bits per heavy atom. The van der Waals surface area contributed by atoms with Gasteiger partial charge in [-0.25, -0.2) is 4.98 Å². The van der Waals surface area contributed by atoms with Gasteiger partial charge in [0.05, 0.1) is 6.10 Å². The van der Waals surface area contributed by atoms with Crippen LogP contribution in [-0.4, -0.2) is 49.8 Å². The van der Waals surface area contributed by atoms with Crippen LogP contribution in [0.1, 0.15) is 38.5 Å². The minimum atomic E-state index is -0.129. The molecular weight excluding hydrogens is 354 g/mol. The Kier molecular flexibility index (Phi) is 6.27. The quantitative estimate of drug-likeness (QED) is 0.829. The fraction of sp³-hybridized carbons (Fsp3) is 0.545. The highest BCUT2D eigenvalue weighted by atomic mass is 16.5. The first-order valence-corrected chi connectivity index (χ1v) is 10.5. The van der Waals surface area contributed by atoms with E-state index < -0.39 is 0 Å². The average molecular weight is 383 g/mol. The molecule has 3 heterocycles. The van der Waals surface area contributed by atoms with Gasteiger partial charge in [-0.1, -0.05) is 25.0 Å². The molecule has 4 rings (SSSR count). The van der Waals surface area contributed by atoms with Crippen LogP contribution in [0.25, 0.3) is 10.9 Å². The van der Waals surface area contributed by atoms with Crippen LogP contribution in [0, 0.1) is 0 Å². The first-order valence-electron chi connectivity index (χ1n) is 10.5. The van der Waals surface area contributed by atoms with Gasteiger partial charge in [-0.05, 0) is 43.9 Å². The van der Waals surface area contributed by atoms with Crippen molar-refractivity contribution in [2.75, 3.05) is 37.7 Å². The number of nitrogens with zero attached hydrogens (tertiary/aromatic N) is 2. The number of carbonyl (C=O) groups excluding carboxylic acids is 1. The number of aromatic nitrogens is 1. The molecule has 0 saturated carbocycles. The highest BCUT2D eigenvalue weighted by molar-refractivity contribution is 5.86. The molecule has 1 unspecified atom stereocenters. The summed E-state index contributed by atoms with van der Waals surface area (Å²) in [5.74, 6) is 1.52. The van der Waals surface area contributed by atoms with Gasteiger partial charge in [0.25, 0.3) is 5.91 Å². The molecule has 1 aromatic carbocycles. The van der Waals surface area contributed by atoms with Gasteiger partial charge in [0.2, 0.25) is 0 Å². The van der Waals surface area contributed by atoms with Crippen LogP contribution in [0.2, 0.25) is 0 Å². The zero-order valence-corrected chi connectivity index (χ0v) is 16.4. The van der Waals surface area contributed by atoms with Crippen molar-refractivity contribution in [3.8, 4) is 5.75 Å². The number of benzene rings is 1. The summed E-state index contributed by atoms with van der Waals surface area (Å²) in [5.41, 5.74) is 0.816. The number of amides is 1. The molecular formula is C22H29N3O3. The molecule has 0 radical (unpaired) electrons. The molecule has 0 spiro atoms. The molecule has 1 aromatic heterocycles. The predicted octanol–water partition coefficient (Wildman–Crippen LogP) is 3.29. The number of ether oxygens (including phenoxy) is 2. The minimum Gasteiger partial charge on any atom is -0.481 e. The van der Waals surface area contributed by atoms with Crippen molar-refractivity contribution in [1.82, 2.24) is 10.3 Å². The number of fused-ring (bicyclic) bond motifs is 1. The van der Waals surface area contributed by atoms with E-state index in [2.05, 4.69) is 22.3 Å². The number of nitrogens with one attached hydrogen (secondary N) is 1. The molecule has 1 atom stereocenters. The van der Waals surface area contributed by atoms with Gasteiger partial charge in [0, 0.05) is 31.6 Å². The Balaban J connectivity index is 1.42. The Morgan fingerprint density at radius 2 is 2.00 bits per heavy atom. The molecule has 2 fully saturated rings. The largest absolute Gasteiger partial charge is 0.481 e. The van der Waals surface area contributed by atoms with Crippen LogP contribution in [0.4, 0.5) is 5.82 Å². The van der Waals surface area contributed by atoms with Crippen LogP contribution < -0.4 is 15.0 Å². The lowest BCUT2D eigenvalue weighted by atomic mass is 10.2. The summed E-state index contributed by atoms with van der Waals surface area (Å²) in [7, 11) is 0. The standard InChI is InChI=1S/C22H29N3O3/c26-21(23-15-18-8-6-14-27-18)16-28-19-9-5-7-17-10-11-20(24-22(17)19)25-12-3-1-2-4-13-25/h5,7,9-11,18H,1-4,6,8,12-16H2,(H,23,26). The number of rotatable bonds is 6. The summed E-state index contributed by atoms with van der Waals surface area (Å²) in [6.07, 6.45) is 7.22. The number of para-hydroxylation sites is 1. The average Bonchev–Trinajstić information content (AvgIpc) is 3.10. The number of carbonyl (C=O) groups is 1. The smallest absolute Gasteiger partial charge is 0.258 e. The van der Waals surface area contributed by atoms with Gasteiger partial charge in [0.1, 0.15) is 17.1 Å². The highest BCUT2D eigenvalue weighted by Crippen LogP contribution is 2.27. The van der Waals surface area contributed by atoms with Crippen molar-refractivity contribution < 1.29 is 14.3 Å². The van der Waals surface area contributed by atoms with Crippen molar-refractivity contribution >= 4 is 22.6 Å². The van der Waals surface area contributed by atoms with Gasteiger partial charge < -0.3 is 19.7 Å². The van der Waals surface area contributed by atoms with Gasteiger partial charge in [-0.3, -0.25) is 4.79 Å². The SMILES string of the molecule is O=C(COc1cccc2ccc(N3CCCCCC3)nc12)NCC1CCCO1. The molecule has 28 heavy (non-hydrogen) atoms. The molecule has 6 heteroatoms. The molecule has 2 aliphatic heterocycles. The summed E-state index contributed by atoms with van der Waals surface area (Å²) in [6.45, 7) is 3.43. The Morgan fingerprint density at radius 1 is 1.14 bits per heavy atom. The number of hydrogen-bond acceptors (Lipinski definition) is 5. The maximum absolute atomic E-state index is 12.1. The van der Waals surface area contributed by atoms with Crippen molar-refractivity contribution in [2.45, 2.75) is 44.6 Å². The van der Waals surface area contributed by atoms with Gasteiger partial charge >= 0.3 is 0 Å². The zero-order valence-electron chi connectivity index (χ0n) is 16.4. The van der Waals surface area contributed by atoms with Crippen molar-refractivity contribution in [3.63, 3.8) is 0 Å². The Hall–Kier alpha value is -2.34. The van der Waals surface area contributed by atoms with E-state index in [9.17, 15) is 4.79 Å². The molecule has 2 aromatic rings. The molecule has 2 aliphatic rings. The summed E-state index contributed by atoms with van der Waals surface area (Å²) in [6, 6.07) is 10.0. The summed E-state index contributed by atoms with van der Waals surface area (Å²) in [4.78, 5) is 19.4. The number of pyridine rings is 1. The topological polar surface area (TPSA) is 63.7 Å². The second-order valence-corrected chi connectivity index (χ2v) is 7.63. The molecule has 0 aliphatic carbocycles. The van der Waals surface area contributed by atoms with Crippen molar-refractivity contribution in [1.29, 1.82) is 0 Å². The van der Waals surface area contributed by atoms with E-state index >= 15 is 0 Å². The third-order valence-corrected chi connectivity index (χ3v) is 5.51. The minimum absolute atomic E-state index is 0.0124. The molecule has 150 valence electrons. The first-order chi connectivity index (χ1) is 13.8. The van der Waals surface area contributed by atoms with Gasteiger partial charge in [-0.2, -0.15) is 0 Å². The Labute approximate surface area is 166 Å². The van der Waals surface area contributed by atoms with Crippen LogP contribution in [0.3, 0.4) is 0 Å². The maximum atomic E-state index is 12.1. The second kappa shape index (κ2) is 9.24. The van der Waals surface area contributed by atoms with Crippen LogP contribution in [0.15, 0.2) is 30.3 Å². The summed E-state index contributed by atoms with van der Waals surface area (Å²) >= 11 is 0. The van der Waals surface area contributed by atoms with E-state index in [0.29, 0.717) is 12.3 Å². The van der Waals surface area contributed by atoms with Crippen molar-refractivity contribution in [2.24, 2.45) is 0 Å².